The second kappa shape index (κ2) is 13.7. The zero-order valence-electron chi connectivity index (χ0n) is 21.5. The number of methoxy groups -OCH3 is 1. The number of aromatic hydroxyl groups is 1. The Hall–Kier alpha value is -3.28. The van der Waals surface area contributed by atoms with Crippen LogP contribution >= 0.6 is 0 Å². The van der Waals surface area contributed by atoms with Gasteiger partial charge in [0, 0.05) is 12.1 Å². The molecule has 2 aromatic rings. The quantitative estimate of drug-likeness (QED) is 0.132. The molecule has 0 aliphatic carbocycles. The minimum Gasteiger partial charge on any atom is -0.508 e. The molecular formula is C30H39NO5. The van der Waals surface area contributed by atoms with Gasteiger partial charge in [0.15, 0.2) is 0 Å². The predicted octanol–water partition coefficient (Wildman–Crippen LogP) is 6.74. The van der Waals surface area contributed by atoms with Crippen molar-refractivity contribution in [1.82, 2.24) is 4.90 Å². The topological polar surface area (TPSA) is 87.1 Å². The molecule has 194 valence electrons. The van der Waals surface area contributed by atoms with Crippen LogP contribution in [0.1, 0.15) is 88.3 Å². The Morgan fingerprint density at radius 2 is 1.39 bits per heavy atom. The molecule has 1 fully saturated rings. The van der Waals surface area contributed by atoms with Gasteiger partial charge < -0.3 is 19.8 Å². The second-order valence-corrected chi connectivity index (χ2v) is 9.49. The van der Waals surface area contributed by atoms with E-state index in [1.807, 2.05) is 0 Å². The number of phenolic OH excluding ortho intramolecular Hbond substituents is 1. The van der Waals surface area contributed by atoms with Gasteiger partial charge in [-0.05, 0) is 48.4 Å². The molecule has 1 amide bonds. The van der Waals surface area contributed by atoms with Crippen molar-refractivity contribution >= 4 is 17.4 Å². The van der Waals surface area contributed by atoms with Crippen molar-refractivity contribution in [3.05, 3.63) is 65.2 Å². The van der Waals surface area contributed by atoms with Gasteiger partial charge in [0.05, 0.1) is 18.7 Å². The van der Waals surface area contributed by atoms with Crippen LogP contribution in [0.15, 0.2) is 54.1 Å². The van der Waals surface area contributed by atoms with E-state index < -0.39 is 17.7 Å². The summed E-state index contributed by atoms with van der Waals surface area (Å²) in [7, 11) is 1.55. The highest BCUT2D eigenvalue weighted by molar-refractivity contribution is 6.46. The number of carbonyl (C=O) groups excluding carboxylic acids is 2. The number of hydrogen-bond acceptors (Lipinski definition) is 5. The maximum absolute atomic E-state index is 13.1. The third-order valence-electron chi connectivity index (χ3n) is 6.86. The van der Waals surface area contributed by atoms with Gasteiger partial charge in [-0.3, -0.25) is 9.59 Å². The van der Waals surface area contributed by atoms with Crippen LogP contribution in [0.4, 0.5) is 0 Å². The lowest BCUT2D eigenvalue weighted by Gasteiger charge is -2.25. The summed E-state index contributed by atoms with van der Waals surface area (Å²) in [5.41, 5.74) is 1.19. The molecule has 0 saturated carbocycles. The van der Waals surface area contributed by atoms with Crippen LogP contribution < -0.4 is 4.74 Å². The van der Waals surface area contributed by atoms with Crippen LogP contribution in [0.2, 0.25) is 0 Å². The Morgan fingerprint density at radius 3 is 1.94 bits per heavy atom. The standard InChI is InChI=1S/C30H39NO5/c1-3-4-5-6-7-8-9-10-11-12-21-31-27(22-13-17-24(32)18-14-22)26(29(34)30(31)35)28(33)23-15-19-25(36-2)20-16-23/h13-20,27,32-33H,3-12,21H2,1-2H3/t27-/m0/s1. The fourth-order valence-electron chi connectivity index (χ4n) is 4.79. The first-order chi connectivity index (χ1) is 17.5. The molecular weight excluding hydrogens is 454 g/mol. The monoisotopic (exact) mass is 493 g/mol. The van der Waals surface area contributed by atoms with Crippen LogP contribution in [-0.4, -0.2) is 40.5 Å². The first-order valence-electron chi connectivity index (χ1n) is 13.2. The van der Waals surface area contributed by atoms with Crippen molar-refractivity contribution < 1.29 is 24.5 Å². The summed E-state index contributed by atoms with van der Waals surface area (Å²) in [6.07, 6.45) is 11.8. The summed E-state index contributed by atoms with van der Waals surface area (Å²) in [6.45, 7) is 2.66. The molecule has 6 nitrogen and oxygen atoms in total. The summed E-state index contributed by atoms with van der Waals surface area (Å²) >= 11 is 0. The van der Waals surface area contributed by atoms with Crippen molar-refractivity contribution in [2.75, 3.05) is 13.7 Å². The number of ether oxygens (including phenoxy) is 1. The molecule has 0 aromatic heterocycles. The third-order valence-corrected chi connectivity index (χ3v) is 6.86. The van der Waals surface area contributed by atoms with Gasteiger partial charge in [-0.2, -0.15) is 0 Å². The molecule has 1 aliphatic rings. The van der Waals surface area contributed by atoms with E-state index in [1.165, 1.54) is 57.1 Å². The number of Topliss-reactive ketones (excluding diaryl/α,β-unsaturated/α-hetero) is 1. The summed E-state index contributed by atoms with van der Waals surface area (Å²) in [4.78, 5) is 27.7. The van der Waals surface area contributed by atoms with Gasteiger partial charge in [-0.25, -0.2) is 0 Å². The third kappa shape index (κ3) is 6.90. The Balaban J connectivity index is 1.72. The van der Waals surface area contributed by atoms with Crippen molar-refractivity contribution in [2.45, 2.75) is 77.2 Å². The summed E-state index contributed by atoms with van der Waals surface area (Å²) in [5, 5.41) is 20.9. The number of benzene rings is 2. The van der Waals surface area contributed by atoms with E-state index in [0.717, 1.165) is 19.3 Å². The number of unbranched alkanes of at least 4 members (excludes halogenated alkanes) is 9. The molecule has 0 spiro atoms. The van der Waals surface area contributed by atoms with Gasteiger partial charge in [0.25, 0.3) is 11.7 Å². The molecule has 2 N–H and O–H groups in total. The van der Waals surface area contributed by atoms with E-state index in [9.17, 15) is 19.8 Å². The minimum absolute atomic E-state index is 0.0722. The number of aliphatic hydroxyl groups is 1. The van der Waals surface area contributed by atoms with Crippen LogP contribution in [0.3, 0.4) is 0 Å². The van der Waals surface area contributed by atoms with Gasteiger partial charge in [-0.1, -0.05) is 76.8 Å². The SMILES string of the molecule is CCCCCCCCCCCCN1C(=O)C(=O)C(=C(O)c2ccc(OC)cc2)[C@@H]1c1ccc(O)cc1. The lowest BCUT2D eigenvalue weighted by Crippen LogP contribution is -2.30. The molecule has 1 aliphatic heterocycles. The number of carbonyl (C=O) groups is 2. The number of hydrogen-bond donors (Lipinski definition) is 2. The Labute approximate surface area is 214 Å². The zero-order valence-corrected chi connectivity index (χ0v) is 21.5. The number of likely N-dealkylation sites (tertiary alicyclic amines) is 1. The van der Waals surface area contributed by atoms with Gasteiger partial charge in [0.1, 0.15) is 17.3 Å². The summed E-state index contributed by atoms with van der Waals surface area (Å²) in [5.74, 6) is -0.768. The van der Waals surface area contributed by atoms with E-state index in [4.69, 9.17) is 4.74 Å². The average molecular weight is 494 g/mol. The lowest BCUT2D eigenvalue weighted by atomic mass is 9.95. The van der Waals surface area contributed by atoms with Crippen LogP contribution in [-0.2, 0) is 9.59 Å². The molecule has 36 heavy (non-hydrogen) atoms. The van der Waals surface area contributed by atoms with Crippen molar-refractivity contribution in [1.29, 1.82) is 0 Å². The molecule has 1 heterocycles. The maximum atomic E-state index is 13.1. The van der Waals surface area contributed by atoms with Crippen molar-refractivity contribution in [3.8, 4) is 11.5 Å². The highest BCUT2D eigenvalue weighted by Crippen LogP contribution is 2.40. The number of aliphatic hydroxyl groups excluding tert-OH is 1. The number of rotatable bonds is 14. The molecule has 0 bridgehead atoms. The average Bonchev–Trinajstić information content (AvgIpc) is 3.14. The highest BCUT2D eigenvalue weighted by atomic mass is 16.5. The zero-order chi connectivity index (χ0) is 25.9. The van der Waals surface area contributed by atoms with Gasteiger partial charge in [-0.15, -0.1) is 0 Å². The van der Waals surface area contributed by atoms with E-state index in [2.05, 4.69) is 6.92 Å². The van der Waals surface area contributed by atoms with Gasteiger partial charge >= 0.3 is 0 Å². The van der Waals surface area contributed by atoms with Crippen LogP contribution in [0.5, 0.6) is 11.5 Å². The number of nitrogens with zero attached hydrogens (tertiary/aromatic N) is 1. The minimum atomic E-state index is -0.703. The predicted molar refractivity (Wildman–Crippen MR) is 142 cm³/mol. The van der Waals surface area contributed by atoms with Crippen LogP contribution in [0, 0.1) is 0 Å². The van der Waals surface area contributed by atoms with Gasteiger partial charge in [0.2, 0.25) is 0 Å². The normalized spacial score (nSPS) is 17.1. The largest absolute Gasteiger partial charge is 0.508 e. The van der Waals surface area contributed by atoms with Crippen LogP contribution in [0.25, 0.3) is 5.76 Å². The van der Waals surface area contributed by atoms with Crippen molar-refractivity contribution in [3.63, 3.8) is 0 Å². The molecule has 1 saturated heterocycles. The molecule has 6 heteroatoms. The maximum Gasteiger partial charge on any atom is 0.295 e. The number of ketones is 1. The molecule has 1 atom stereocenters. The Kier molecular flexibility index (Phi) is 10.4. The first kappa shape index (κ1) is 27.3. The lowest BCUT2D eigenvalue weighted by molar-refractivity contribution is -0.139. The summed E-state index contributed by atoms with van der Waals surface area (Å²) in [6, 6.07) is 12.5. The van der Waals surface area contributed by atoms with E-state index in [0.29, 0.717) is 23.4 Å². The molecule has 0 unspecified atom stereocenters. The smallest absolute Gasteiger partial charge is 0.295 e. The van der Waals surface area contributed by atoms with E-state index in [1.54, 1.807) is 48.4 Å². The molecule has 3 rings (SSSR count). The Morgan fingerprint density at radius 1 is 0.833 bits per heavy atom. The fourth-order valence-corrected chi connectivity index (χ4v) is 4.79. The number of amides is 1. The van der Waals surface area contributed by atoms with E-state index in [-0.39, 0.29) is 17.1 Å². The summed E-state index contributed by atoms with van der Waals surface area (Å²) < 4.78 is 5.18. The fraction of sp³-hybridized carbons (Fsp3) is 0.467. The van der Waals surface area contributed by atoms with E-state index >= 15 is 0 Å². The number of phenols is 1. The molecule has 2 aromatic carbocycles. The van der Waals surface area contributed by atoms with Crippen molar-refractivity contribution in [2.24, 2.45) is 0 Å². The highest BCUT2D eigenvalue weighted by Gasteiger charge is 2.45. The Bertz CT molecular complexity index is 1030. The second-order valence-electron chi connectivity index (χ2n) is 9.49. The first-order valence-corrected chi connectivity index (χ1v) is 13.2. The molecule has 0 radical (unpaired) electrons.